The van der Waals surface area contributed by atoms with Crippen molar-refractivity contribution in [3.8, 4) is 23.0 Å². The van der Waals surface area contributed by atoms with Crippen LogP contribution in [0.15, 0.2) is 54.6 Å². The third-order valence-corrected chi connectivity index (χ3v) is 13.5. The average molecular weight is 857 g/mol. The van der Waals surface area contributed by atoms with Gasteiger partial charge in [-0.15, -0.1) is 5.10 Å². The van der Waals surface area contributed by atoms with E-state index in [-0.39, 0.29) is 36.4 Å². The van der Waals surface area contributed by atoms with Crippen molar-refractivity contribution in [2.24, 2.45) is 5.92 Å². The fourth-order valence-corrected chi connectivity index (χ4v) is 9.82. The Bertz CT molecular complexity index is 2630. The maximum absolute atomic E-state index is 14.7. The van der Waals surface area contributed by atoms with Crippen LogP contribution >= 0.6 is 0 Å². The molecule has 0 radical (unpaired) electrons. The van der Waals surface area contributed by atoms with Crippen molar-refractivity contribution in [3.05, 3.63) is 81.9 Å². The first-order chi connectivity index (χ1) is 30.7. The van der Waals surface area contributed by atoms with Crippen molar-refractivity contribution >= 4 is 34.8 Å². The van der Waals surface area contributed by atoms with Gasteiger partial charge in [-0.2, -0.15) is 15.1 Å². The number of amides is 1. The average Bonchev–Trinajstić information content (AvgIpc) is 3.80. The highest BCUT2D eigenvalue weighted by Gasteiger charge is 2.40. The van der Waals surface area contributed by atoms with Crippen molar-refractivity contribution in [2.45, 2.75) is 115 Å². The van der Waals surface area contributed by atoms with Gasteiger partial charge < -0.3 is 29.3 Å². The minimum atomic E-state index is -0.422. The molecule has 3 aromatic heterocycles. The highest BCUT2D eigenvalue weighted by molar-refractivity contribution is 5.98. The Kier molecular flexibility index (Phi) is 11.5. The summed E-state index contributed by atoms with van der Waals surface area (Å²) in [4.78, 5) is 28.5. The highest BCUT2D eigenvalue weighted by atomic mass is 19.1. The molecule has 5 aliphatic rings. The number of nitrogens with zero attached hydrogens (tertiary/aromatic N) is 8. The van der Waals surface area contributed by atoms with E-state index in [4.69, 9.17) is 24.2 Å². The number of likely N-dealkylation sites (tertiary alicyclic amines) is 1. The zero-order valence-electron chi connectivity index (χ0n) is 36.6. The molecule has 5 fully saturated rings. The van der Waals surface area contributed by atoms with Gasteiger partial charge in [-0.3, -0.25) is 9.89 Å². The zero-order chi connectivity index (χ0) is 43.2. The minimum Gasteiger partial charge on any atom is -0.486 e. The van der Waals surface area contributed by atoms with Crippen molar-refractivity contribution in [2.75, 3.05) is 37.7 Å². The molecule has 4 aliphatic heterocycles. The SMILES string of the molecule is C/C=C(F)/C=c1/[nH]nc/c1=C\c1c(C2CC2)cc2c(N3CC4CC3CN4)nc(OC3CCOCC3)nc2c1OCc1ccc(-c2cn(C(C(=O)N3CCCC3C)C(C)C)nn2)cc1. The van der Waals surface area contributed by atoms with Gasteiger partial charge in [0.05, 0.1) is 31.0 Å². The van der Waals surface area contributed by atoms with Crippen molar-refractivity contribution in [1.82, 2.24) is 45.4 Å². The van der Waals surface area contributed by atoms with Crippen LogP contribution in [0.3, 0.4) is 0 Å². The molecule has 1 saturated carbocycles. The molecule has 4 saturated heterocycles. The second-order valence-corrected chi connectivity index (χ2v) is 18.3. The van der Waals surface area contributed by atoms with Crippen LogP contribution in [0, 0.1) is 5.92 Å². The lowest BCUT2D eigenvalue weighted by Crippen LogP contribution is -2.44. The maximum atomic E-state index is 14.7. The second kappa shape index (κ2) is 17.5. The monoisotopic (exact) mass is 856 g/mol. The van der Waals surface area contributed by atoms with Crippen molar-refractivity contribution in [1.29, 1.82) is 0 Å². The lowest BCUT2D eigenvalue weighted by molar-refractivity contribution is -0.137. The largest absolute Gasteiger partial charge is 0.486 e. The summed E-state index contributed by atoms with van der Waals surface area (Å²) >= 11 is 0. The molecule has 4 atom stereocenters. The number of nitrogens with one attached hydrogen (secondary N) is 2. The summed E-state index contributed by atoms with van der Waals surface area (Å²) in [7, 11) is 0. The van der Waals surface area contributed by atoms with Crippen LogP contribution in [0.2, 0.25) is 0 Å². The van der Waals surface area contributed by atoms with E-state index >= 15 is 0 Å². The number of halogens is 1. The van der Waals surface area contributed by atoms with E-state index in [1.54, 1.807) is 17.8 Å². The van der Waals surface area contributed by atoms with E-state index in [0.29, 0.717) is 59.5 Å². The number of fused-ring (bicyclic) bond motifs is 3. The predicted octanol–water partition coefficient (Wildman–Crippen LogP) is 5.87. The molecule has 1 aliphatic carbocycles. The van der Waals surface area contributed by atoms with Crippen molar-refractivity contribution in [3.63, 3.8) is 0 Å². The van der Waals surface area contributed by atoms with Gasteiger partial charge in [0, 0.05) is 72.3 Å². The molecular formula is C48H57FN10O4. The first-order valence-electron chi connectivity index (χ1n) is 22.8. The Hall–Kier alpha value is -5.67. The molecule has 4 unspecified atom stereocenters. The number of carbonyl (C=O) groups excluding carboxylic acids is 1. The Balaban J connectivity index is 1.04. The van der Waals surface area contributed by atoms with Gasteiger partial charge in [0.1, 0.15) is 41.6 Å². The third-order valence-electron chi connectivity index (χ3n) is 13.5. The number of ether oxygens (including phenoxy) is 3. The van der Waals surface area contributed by atoms with Gasteiger partial charge in [0.15, 0.2) is 5.75 Å². The standard InChI is InChI=1S/C48H57FN10O4/c1-5-34(49)20-41-33(23-51-54-41)19-39-38(31-12-13-31)22-40-43(52-48(63-37-14-17-61-18-15-37)53-46(40)58-25-35-21-36(58)24-50-35)45(39)62-27-30-8-10-32(11-9-30)42-26-59(56-55-42)44(28(2)3)47(60)57-16-6-7-29(57)4/h5,8-11,19-20,22-23,26,28-29,31,35-37,44,50,54H,6-7,12-18,21,24-25,27H2,1-4H3/b33-19+,34-5-,41-20+. The fraction of sp³-hybridized carbons (Fsp3) is 0.500. The van der Waals surface area contributed by atoms with E-state index in [1.807, 2.05) is 35.4 Å². The molecule has 10 rings (SSSR count). The molecule has 5 aromatic rings. The molecule has 2 N–H and O–H groups in total. The van der Waals surface area contributed by atoms with Crippen molar-refractivity contribution < 1.29 is 23.4 Å². The molecule has 0 spiro atoms. The zero-order valence-corrected chi connectivity index (χ0v) is 36.6. The molecule has 2 bridgehead atoms. The van der Waals surface area contributed by atoms with Gasteiger partial charge in [-0.1, -0.05) is 49.4 Å². The summed E-state index contributed by atoms with van der Waals surface area (Å²) in [6.45, 7) is 12.0. The molecule has 2 aromatic carbocycles. The molecule has 63 heavy (non-hydrogen) atoms. The molecule has 15 heteroatoms. The Morgan fingerprint density at radius 2 is 1.92 bits per heavy atom. The Labute approximate surface area is 366 Å². The number of hydrogen-bond acceptors (Lipinski definition) is 11. The summed E-state index contributed by atoms with van der Waals surface area (Å²) in [6.07, 6.45) is 15.2. The summed E-state index contributed by atoms with van der Waals surface area (Å²) in [5.74, 6) is 1.62. The summed E-state index contributed by atoms with van der Waals surface area (Å²) < 4.78 is 35.7. The predicted molar refractivity (Wildman–Crippen MR) is 238 cm³/mol. The smallest absolute Gasteiger partial charge is 0.319 e. The number of aromatic nitrogens is 7. The molecule has 330 valence electrons. The number of H-pyrrole nitrogens is 1. The number of carbonyl (C=O) groups is 1. The number of hydrogen-bond donors (Lipinski definition) is 2. The first-order valence-corrected chi connectivity index (χ1v) is 22.8. The number of rotatable bonds is 13. The van der Waals surface area contributed by atoms with Crippen LogP contribution in [-0.4, -0.2) is 103 Å². The van der Waals surface area contributed by atoms with E-state index in [0.717, 1.165) is 103 Å². The molecule has 14 nitrogen and oxygen atoms in total. The Morgan fingerprint density at radius 1 is 1.10 bits per heavy atom. The minimum absolute atomic E-state index is 0.0527. The number of aromatic amines is 1. The lowest BCUT2D eigenvalue weighted by atomic mass is 9.97. The normalized spacial score (nSPS) is 22.9. The summed E-state index contributed by atoms with van der Waals surface area (Å²) in [5, 5.41) is 22.2. The van der Waals surface area contributed by atoms with Gasteiger partial charge >= 0.3 is 6.01 Å². The number of benzene rings is 2. The summed E-state index contributed by atoms with van der Waals surface area (Å²) in [5.41, 5.74) is 5.25. The molecule has 7 heterocycles. The van der Waals surface area contributed by atoms with Gasteiger partial charge in [0.2, 0.25) is 5.91 Å². The van der Waals surface area contributed by atoms with Crippen LogP contribution in [0.5, 0.6) is 11.8 Å². The fourth-order valence-electron chi connectivity index (χ4n) is 9.82. The van der Waals surface area contributed by atoms with Crippen LogP contribution < -0.4 is 30.3 Å². The first kappa shape index (κ1) is 41.3. The van der Waals surface area contributed by atoms with E-state index in [1.165, 1.54) is 12.2 Å². The maximum Gasteiger partial charge on any atom is 0.319 e. The van der Waals surface area contributed by atoms with E-state index < -0.39 is 6.04 Å². The van der Waals surface area contributed by atoms with Crippen LogP contribution in [-0.2, 0) is 16.1 Å². The quantitative estimate of drug-likeness (QED) is 0.147. The van der Waals surface area contributed by atoms with Gasteiger partial charge in [-0.05, 0) is 87.1 Å². The van der Waals surface area contributed by atoms with Gasteiger partial charge in [0.25, 0.3) is 0 Å². The number of anilines is 1. The highest BCUT2D eigenvalue weighted by Crippen LogP contribution is 2.48. The van der Waals surface area contributed by atoms with Gasteiger partial charge in [-0.25, -0.2) is 9.07 Å². The Morgan fingerprint density at radius 3 is 2.62 bits per heavy atom. The molecule has 1 amide bonds. The van der Waals surface area contributed by atoms with Crippen LogP contribution in [0.4, 0.5) is 10.2 Å². The number of piperazine rings is 1. The molecular weight excluding hydrogens is 800 g/mol. The second-order valence-electron chi connectivity index (χ2n) is 18.3. The van der Waals surface area contributed by atoms with E-state index in [2.05, 4.69) is 63.6 Å². The summed E-state index contributed by atoms with van der Waals surface area (Å²) in [6, 6.07) is 11.3. The van der Waals surface area contributed by atoms with Crippen LogP contribution in [0.1, 0.15) is 101 Å². The third kappa shape index (κ3) is 8.44. The lowest BCUT2D eigenvalue weighted by Gasteiger charge is -2.30. The van der Waals surface area contributed by atoms with Crippen LogP contribution in [0.25, 0.3) is 34.3 Å². The number of allylic oxidation sites excluding steroid dienone is 2. The van der Waals surface area contributed by atoms with E-state index in [9.17, 15) is 9.18 Å². The topological polar surface area (TPSA) is 148 Å².